The molecule has 3 N–H and O–H groups in total. The van der Waals surface area contributed by atoms with Gasteiger partial charge in [0.05, 0.1) is 28.2 Å². The standard InChI is InChI=1S/C18H19ClFN3O4S/c1-10(22-11(2)24)18-9-23(16-7-12(21)3-6-17(16)27-18)28(25,26)13-4-5-15(20)14(19)8-13/h3-8,10,18H,9,21H2,1-2H3,(H,22,24)/t10-,18-/m1/s1. The van der Waals surface area contributed by atoms with E-state index in [2.05, 4.69) is 5.32 Å². The van der Waals surface area contributed by atoms with Gasteiger partial charge in [0, 0.05) is 12.6 Å². The normalized spacial score (nSPS) is 17.4. The number of fused-ring (bicyclic) bond motifs is 1. The number of nitrogen functional groups attached to an aromatic ring is 1. The first-order valence-electron chi connectivity index (χ1n) is 8.40. The van der Waals surface area contributed by atoms with E-state index in [1.807, 2.05) is 0 Å². The Morgan fingerprint density at radius 3 is 2.71 bits per heavy atom. The summed E-state index contributed by atoms with van der Waals surface area (Å²) in [4.78, 5) is 11.2. The molecular weight excluding hydrogens is 409 g/mol. The van der Waals surface area contributed by atoms with Crippen LogP contribution in [0, 0.1) is 5.82 Å². The Hall–Kier alpha value is -2.52. The van der Waals surface area contributed by atoms with Crippen LogP contribution in [0.15, 0.2) is 41.3 Å². The van der Waals surface area contributed by atoms with Crippen molar-refractivity contribution in [3.8, 4) is 5.75 Å². The van der Waals surface area contributed by atoms with E-state index in [4.69, 9.17) is 22.1 Å². The monoisotopic (exact) mass is 427 g/mol. The van der Waals surface area contributed by atoms with Gasteiger partial charge in [-0.3, -0.25) is 9.10 Å². The molecule has 0 saturated carbocycles. The van der Waals surface area contributed by atoms with Crippen molar-refractivity contribution in [3.63, 3.8) is 0 Å². The van der Waals surface area contributed by atoms with Gasteiger partial charge in [-0.2, -0.15) is 0 Å². The van der Waals surface area contributed by atoms with Crippen LogP contribution >= 0.6 is 11.6 Å². The molecule has 0 aliphatic carbocycles. The lowest BCUT2D eigenvalue weighted by molar-refractivity contribution is -0.120. The second-order valence-electron chi connectivity index (χ2n) is 6.48. The molecule has 1 aliphatic heterocycles. The lowest BCUT2D eigenvalue weighted by Gasteiger charge is -2.38. The Kier molecular flexibility index (Phi) is 5.40. The van der Waals surface area contributed by atoms with E-state index in [0.29, 0.717) is 11.4 Å². The Balaban J connectivity index is 2.07. The number of carbonyl (C=O) groups is 1. The van der Waals surface area contributed by atoms with Gasteiger partial charge in [0.25, 0.3) is 10.0 Å². The van der Waals surface area contributed by atoms with Crippen LogP contribution in [-0.2, 0) is 14.8 Å². The van der Waals surface area contributed by atoms with Crippen LogP contribution in [0.25, 0.3) is 0 Å². The first-order valence-corrected chi connectivity index (χ1v) is 10.2. The number of anilines is 2. The highest BCUT2D eigenvalue weighted by Crippen LogP contribution is 2.39. The smallest absolute Gasteiger partial charge is 0.264 e. The number of halogens is 2. The Labute approximate surface area is 167 Å². The molecule has 0 spiro atoms. The summed E-state index contributed by atoms with van der Waals surface area (Å²) in [5, 5.41) is 2.40. The summed E-state index contributed by atoms with van der Waals surface area (Å²) in [5.74, 6) is -0.678. The SMILES string of the molecule is CC(=O)N[C@H](C)[C@H]1CN(S(=O)(=O)c2ccc(F)c(Cl)c2)c2cc(N)ccc2O1. The molecule has 0 bridgehead atoms. The van der Waals surface area contributed by atoms with Crippen molar-refractivity contribution in [1.29, 1.82) is 0 Å². The molecule has 0 radical (unpaired) electrons. The van der Waals surface area contributed by atoms with Gasteiger partial charge in [-0.25, -0.2) is 12.8 Å². The molecule has 0 fully saturated rings. The van der Waals surface area contributed by atoms with Gasteiger partial charge in [0.15, 0.2) is 0 Å². The number of sulfonamides is 1. The third kappa shape index (κ3) is 3.85. The largest absolute Gasteiger partial charge is 0.484 e. The average Bonchev–Trinajstić information content (AvgIpc) is 2.62. The minimum absolute atomic E-state index is 0.0742. The molecule has 0 aromatic heterocycles. The van der Waals surface area contributed by atoms with Gasteiger partial charge in [-0.1, -0.05) is 11.6 Å². The molecule has 10 heteroatoms. The van der Waals surface area contributed by atoms with Gasteiger partial charge in [-0.05, 0) is 43.3 Å². The molecule has 0 saturated heterocycles. The number of carbonyl (C=O) groups excluding carboxylic acids is 1. The Bertz CT molecular complexity index is 1030. The lowest BCUT2D eigenvalue weighted by atomic mass is 10.1. The molecule has 1 aliphatic rings. The van der Waals surface area contributed by atoms with Gasteiger partial charge >= 0.3 is 0 Å². The molecule has 28 heavy (non-hydrogen) atoms. The molecule has 2 aromatic rings. The van der Waals surface area contributed by atoms with Gasteiger partial charge in [-0.15, -0.1) is 0 Å². The Morgan fingerprint density at radius 1 is 1.36 bits per heavy atom. The van der Waals surface area contributed by atoms with E-state index in [9.17, 15) is 17.6 Å². The Morgan fingerprint density at radius 2 is 2.07 bits per heavy atom. The van der Waals surface area contributed by atoms with E-state index in [1.165, 1.54) is 13.0 Å². The van der Waals surface area contributed by atoms with Crippen LogP contribution < -0.4 is 20.1 Å². The van der Waals surface area contributed by atoms with E-state index in [1.54, 1.807) is 19.1 Å². The van der Waals surface area contributed by atoms with E-state index in [-0.39, 0.29) is 28.1 Å². The van der Waals surface area contributed by atoms with Crippen molar-refractivity contribution in [3.05, 3.63) is 47.2 Å². The topological polar surface area (TPSA) is 102 Å². The molecule has 1 amide bonds. The van der Waals surface area contributed by atoms with Crippen molar-refractivity contribution >= 4 is 38.9 Å². The summed E-state index contributed by atoms with van der Waals surface area (Å²) in [6, 6.07) is 7.37. The fraction of sp³-hybridized carbons (Fsp3) is 0.278. The highest BCUT2D eigenvalue weighted by atomic mass is 35.5. The molecule has 150 valence electrons. The number of rotatable bonds is 4. The first kappa shape index (κ1) is 20.2. The van der Waals surface area contributed by atoms with Crippen molar-refractivity contribution in [1.82, 2.24) is 5.32 Å². The number of amides is 1. The van der Waals surface area contributed by atoms with E-state index >= 15 is 0 Å². The minimum atomic E-state index is -4.09. The van der Waals surface area contributed by atoms with E-state index in [0.717, 1.165) is 22.5 Å². The summed E-state index contributed by atoms with van der Waals surface area (Å²) < 4.78 is 47.1. The maximum absolute atomic E-state index is 13.5. The predicted octanol–water partition coefficient (Wildman–Crippen LogP) is 2.54. The zero-order valence-corrected chi connectivity index (χ0v) is 16.7. The minimum Gasteiger partial charge on any atom is -0.484 e. The van der Waals surface area contributed by atoms with Crippen LogP contribution in [0.3, 0.4) is 0 Å². The summed E-state index contributed by atoms with van der Waals surface area (Å²) in [5.41, 5.74) is 6.44. The highest BCUT2D eigenvalue weighted by Gasteiger charge is 2.37. The maximum Gasteiger partial charge on any atom is 0.264 e. The van der Waals surface area contributed by atoms with Crippen molar-refractivity contribution in [2.45, 2.75) is 30.9 Å². The van der Waals surface area contributed by atoms with Crippen molar-refractivity contribution in [2.24, 2.45) is 0 Å². The number of nitrogens with one attached hydrogen (secondary N) is 1. The maximum atomic E-state index is 13.5. The number of hydrogen-bond acceptors (Lipinski definition) is 5. The molecule has 2 atom stereocenters. The third-order valence-corrected chi connectivity index (χ3v) is 6.41. The predicted molar refractivity (Wildman–Crippen MR) is 104 cm³/mol. The van der Waals surface area contributed by atoms with Crippen LogP contribution in [0.2, 0.25) is 5.02 Å². The van der Waals surface area contributed by atoms with Crippen LogP contribution in [-0.4, -0.2) is 33.0 Å². The summed E-state index contributed by atoms with van der Waals surface area (Å²) >= 11 is 5.77. The number of hydrogen-bond donors (Lipinski definition) is 2. The molecule has 0 unspecified atom stereocenters. The summed E-state index contributed by atoms with van der Waals surface area (Å²) in [6.07, 6.45) is -0.647. The summed E-state index contributed by atoms with van der Waals surface area (Å²) in [6.45, 7) is 3.01. The number of benzene rings is 2. The summed E-state index contributed by atoms with van der Waals surface area (Å²) in [7, 11) is -4.09. The van der Waals surface area contributed by atoms with Crippen LogP contribution in [0.1, 0.15) is 13.8 Å². The first-order chi connectivity index (χ1) is 13.1. The quantitative estimate of drug-likeness (QED) is 0.730. The fourth-order valence-electron chi connectivity index (χ4n) is 2.96. The third-order valence-electron chi connectivity index (χ3n) is 4.34. The van der Waals surface area contributed by atoms with Gasteiger partial charge < -0.3 is 15.8 Å². The fourth-order valence-corrected chi connectivity index (χ4v) is 4.71. The second-order valence-corrected chi connectivity index (χ2v) is 8.75. The molecule has 3 rings (SSSR count). The second kappa shape index (κ2) is 7.48. The van der Waals surface area contributed by atoms with Crippen LogP contribution in [0.4, 0.5) is 15.8 Å². The molecular formula is C18H19ClFN3O4S. The van der Waals surface area contributed by atoms with E-state index < -0.39 is 28.0 Å². The van der Waals surface area contributed by atoms with Crippen molar-refractivity contribution in [2.75, 3.05) is 16.6 Å². The van der Waals surface area contributed by atoms with Crippen molar-refractivity contribution < 1.29 is 22.3 Å². The highest BCUT2D eigenvalue weighted by molar-refractivity contribution is 7.92. The molecule has 1 heterocycles. The number of nitrogens with zero attached hydrogens (tertiary/aromatic N) is 1. The lowest BCUT2D eigenvalue weighted by Crippen LogP contribution is -2.52. The zero-order chi connectivity index (χ0) is 20.6. The zero-order valence-electron chi connectivity index (χ0n) is 15.1. The number of ether oxygens (including phenoxy) is 1. The van der Waals surface area contributed by atoms with Gasteiger partial charge in [0.1, 0.15) is 17.7 Å². The van der Waals surface area contributed by atoms with Crippen LogP contribution in [0.5, 0.6) is 5.75 Å². The van der Waals surface area contributed by atoms with Gasteiger partial charge in [0.2, 0.25) is 5.91 Å². The molecule has 2 aromatic carbocycles. The average molecular weight is 428 g/mol. The number of nitrogens with two attached hydrogens (primary N) is 1. The molecule has 7 nitrogen and oxygen atoms in total.